The molecule has 0 heterocycles. The lowest BCUT2D eigenvalue weighted by molar-refractivity contribution is 0.414. The summed E-state index contributed by atoms with van der Waals surface area (Å²) in [5.41, 5.74) is 7.38. The van der Waals surface area contributed by atoms with Gasteiger partial charge in [0.2, 0.25) is 0 Å². The number of hydrogen-bond acceptors (Lipinski definition) is 2. The van der Waals surface area contributed by atoms with Gasteiger partial charge in [0.1, 0.15) is 5.75 Å². The minimum atomic E-state index is 0.310. The van der Waals surface area contributed by atoms with Gasteiger partial charge in [-0.05, 0) is 36.5 Å². The largest absolute Gasteiger partial charge is 0.497 e. The van der Waals surface area contributed by atoms with Crippen LogP contribution in [0.15, 0.2) is 24.3 Å². The number of hydrogen-bond donors (Lipinski definition) is 1. The lowest BCUT2D eigenvalue weighted by Crippen LogP contribution is -2.23. The van der Waals surface area contributed by atoms with E-state index in [1.165, 1.54) is 24.8 Å². The molecular weight excluding hydrogens is 186 g/mol. The summed E-state index contributed by atoms with van der Waals surface area (Å²) in [6.07, 6.45) is 4.91. The van der Waals surface area contributed by atoms with Crippen LogP contribution in [0.5, 0.6) is 5.75 Å². The fourth-order valence-corrected chi connectivity index (χ4v) is 1.97. The Hall–Kier alpha value is -1.02. The van der Waals surface area contributed by atoms with Crippen molar-refractivity contribution in [1.29, 1.82) is 0 Å². The molecule has 82 valence electrons. The third kappa shape index (κ3) is 3.24. The molecule has 0 bridgehead atoms. The van der Waals surface area contributed by atoms with Crippen molar-refractivity contribution in [2.24, 2.45) is 11.7 Å². The van der Waals surface area contributed by atoms with Crippen molar-refractivity contribution in [3.05, 3.63) is 29.8 Å². The van der Waals surface area contributed by atoms with Crippen LogP contribution >= 0.6 is 0 Å². The number of rotatable bonds is 5. The van der Waals surface area contributed by atoms with Gasteiger partial charge in [-0.25, -0.2) is 0 Å². The third-order valence-electron chi connectivity index (χ3n) is 2.97. The molecule has 1 aliphatic carbocycles. The van der Waals surface area contributed by atoms with Crippen molar-refractivity contribution in [1.82, 2.24) is 0 Å². The third-order valence-corrected chi connectivity index (χ3v) is 2.97. The second-order valence-electron chi connectivity index (χ2n) is 4.49. The molecule has 1 fully saturated rings. The summed E-state index contributed by atoms with van der Waals surface area (Å²) in [6.45, 7) is 0. The van der Waals surface area contributed by atoms with Gasteiger partial charge in [-0.2, -0.15) is 0 Å². The number of nitrogens with two attached hydrogens (primary N) is 1. The first-order valence-corrected chi connectivity index (χ1v) is 5.66. The van der Waals surface area contributed by atoms with Crippen LogP contribution in [-0.2, 0) is 6.42 Å². The Morgan fingerprint density at radius 3 is 2.93 bits per heavy atom. The smallest absolute Gasteiger partial charge is 0.119 e. The van der Waals surface area contributed by atoms with E-state index in [-0.39, 0.29) is 0 Å². The van der Waals surface area contributed by atoms with E-state index >= 15 is 0 Å². The van der Waals surface area contributed by atoms with Gasteiger partial charge in [0.25, 0.3) is 0 Å². The number of benzene rings is 1. The lowest BCUT2D eigenvalue weighted by Gasteiger charge is -2.11. The molecule has 2 rings (SSSR count). The Morgan fingerprint density at radius 1 is 1.47 bits per heavy atom. The maximum Gasteiger partial charge on any atom is 0.119 e. The topological polar surface area (TPSA) is 35.2 Å². The molecule has 0 radical (unpaired) electrons. The minimum absolute atomic E-state index is 0.310. The van der Waals surface area contributed by atoms with Crippen LogP contribution in [0.3, 0.4) is 0 Å². The van der Waals surface area contributed by atoms with Gasteiger partial charge in [-0.3, -0.25) is 0 Å². The highest BCUT2D eigenvalue weighted by Gasteiger charge is 2.23. The summed E-state index contributed by atoms with van der Waals surface area (Å²) in [4.78, 5) is 0. The summed E-state index contributed by atoms with van der Waals surface area (Å²) >= 11 is 0. The van der Waals surface area contributed by atoms with Gasteiger partial charge < -0.3 is 10.5 Å². The van der Waals surface area contributed by atoms with Crippen LogP contribution < -0.4 is 10.5 Å². The fraction of sp³-hybridized carbons (Fsp3) is 0.538. The Balaban J connectivity index is 1.90. The molecule has 1 aromatic rings. The van der Waals surface area contributed by atoms with Crippen LogP contribution in [0.4, 0.5) is 0 Å². The Bertz CT molecular complexity index is 320. The molecule has 0 amide bonds. The van der Waals surface area contributed by atoms with E-state index in [1.54, 1.807) is 7.11 Å². The predicted molar refractivity (Wildman–Crippen MR) is 62.0 cm³/mol. The van der Waals surface area contributed by atoms with Crippen molar-refractivity contribution in [3.63, 3.8) is 0 Å². The van der Waals surface area contributed by atoms with Crippen molar-refractivity contribution in [2.75, 3.05) is 7.11 Å². The first-order chi connectivity index (χ1) is 7.28. The van der Waals surface area contributed by atoms with Crippen LogP contribution in [0, 0.1) is 5.92 Å². The highest BCUT2D eigenvalue weighted by atomic mass is 16.5. The summed E-state index contributed by atoms with van der Waals surface area (Å²) in [5, 5.41) is 0. The number of methoxy groups -OCH3 is 1. The van der Waals surface area contributed by atoms with E-state index in [1.807, 2.05) is 12.1 Å². The molecule has 1 unspecified atom stereocenters. The predicted octanol–water partition coefficient (Wildman–Crippen LogP) is 2.37. The van der Waals surface area contributed by atoms with E-state index in [0.29, 0.717) is 6.04 Å². The van der Waals surface area contributed by atoms with Crippen molar-refractivity contribution in [3.8, 4) is 5.75 Å². The van der Waals surface area contributed by atoms with Crippen LogP contribution in [-0.4, -0.2) is 13.2 Å². The zero-order valence-corrected chi connectivity index (χ0v) is 9.28. The Labute approximate surface area is 91.4 Å². The summed E-state index contributed by atoms with van der Waals surface area (Å²) in [5.74, 6) is 1.83. The van der Waals surface area contributed by atoms with E-state index in [9.17, 15) is 0 Å². The molecule has 1 aromatic carbocycles. The van der Waals surface area contributed by atoms with E-state index in [4.69, 9.17) is 10.5 Å². The molecule has 0 spiro atoms. The van der Waals surface area contributed by atoms with Crippen molar-refractivity contribution < 1.29 is 4.74 Å². The SMILES string of the molecule is COc1cccc(CC(N)CC2CC2)c1. The summed E-state index contributed by atoms with van der Waals surface area (Å²) < 4.78 is 5.19. The monoisotopic (exact) mass is 205 g/mol. The lowest BCUT2D eigenvalue weighted by atomic mass is 10.0. The van der Waals surface area contributed by atoms with Gasteiger partial charge in [0, 0.05) is 6.04 Å². The van der Waals surface area contributed by atoms with Crippen LogP contribution in [0.1, 0.15) is 24.8 Å². The maximum atomic E-state index is 6.10. The molecule has 0 saturated heterocycles. The van der Waals surface area contributed by atoms with Crippen LogP contribution in [0.2, 0.25) is 0 Å². The molecule has 2 nitrogen and oxygen atoms in total. The average molecular weight is 205 g/mol. The van der Waals surface area contributed by atoms with Gasteiger partial charge in [0.05, 0.1) is 7.11 Å². The Morgan fingerprint density at radius 2 is 2.27 bits per heavy atom. The van der Waals surface area contributed by atoms with E-state index < -0.39 is 0 Å². The normalized spacial score (nSPS) is 17.5. The molecule has 0 aromatic heterocycles. The molecule has 15 heavy (non-hydrogen) atoms. The fourth-order valence-electron chi connectivity index (χ4n) is 1.97. The zero-order valence-electron chi connectivity index (χ0n) is 9.28. The molecule has 2 heteroatoms. The first-order valence-electron chi connectivity index (χ1n) is 5.66. The van der Waals surface area contributed by atoms with Crippen LogP contribution in [0.25, 0.3) is 0 Å². The second-order valence-corrected chi connectivity index (χ2v) is 4.49. The van der Waals surface area contributed by atoms with Gasteiger partial charge in [-0.1, -0.05) is 25.0 Å². The second kappa shape index (κ2) is 4.67. The Kier molecular flexibility index (Phi) is 3.27. The molecular formula is C13H19NO. The van der Waals surface area contributed by atoms with Crippen molar-refractivity contribution >= 4 is 0 Å². The summed E-state index contributed by atoms with van der Waals surface area (Å²) in [6, 6.07) is 8.50. The van der Waals surface area contributed by atoms with Gasteiger partial charge in [0.15, 0.2) is 0 Å². The summed E-state index contributed by atoms with van der Waals surface area (Å²) in [7, 11) is 1.70. The quantitative estimate of drug-likeness (QED) is 0.801. The van der Waals surface area contributed by atoms with E-state index in [2.05, 4.69) is 12.1 Å². The molecule has 2 N–H and O–H groups in total. The van der Waals surface area contributed by atoms with Gasteiger partial charge in [-0.15, -0.1) is 0 Å². The molecule has 0 aliphatic heterocycles. The highest BCUT2D eigenvalue weighted by Crippen LogP contribution is 2.33. The van der Waals surface area contributed by atoms with E-state index in [0.717, 1.165) is 18.1 Å². The molecule has 1 saturated carbocycles. The van der Waals surface area contributed by atoms with Crippen molar-refractivity contribution in [2.45, 2.75) is 31.7 Å². The highest BCUT2D eigenvalue weighted by molar-refractivity contribution is 5.28. The average Bonchev–Trinajstić information content (AvgIpc) is 3.02. The van der Waals surface area contributed by atoms with Gasteiger partial charge >= 0.3 is 0 Å². The standard InChI is InChI=1S/C13H19NO/c1-15-13-4-2-3-11(9-13)8-12(14)7-10-5-6-10/h2-4,9-10,12H,5-8,14H2,1H3. The minimum Gasteiger partial charge on any atom is -0.497 e. The zero-order chi connectivity index (χ0) is 10.7. The maximum absolute atomic E-state index is 6.10. The molecule has 1 atom stereocenters. The molecule has 1 aliphatic rings. The first kappa shape index (κ1) is 10.5. The number of ether oxygens (including phenoxy) is 1.